The zero-order chi connectivity index (χ0) is 16.9. The molecule has 2 aromatic rings. The number of halogens is 1. The maximum Gasteiger partial charge on any atom is 0.265 e. The summed E-state index contributed by atoms with van der Waals surface area (Å²) in [6.45, 7) is 3.79. The average molecular weight is 346 g/mol. The quantitative estimate of drug-likeness (QED) is 0.896. The van der Waals surface area contributed by atoms with E-state index in [1.54, 1.807) is 37.4 Å². The van der Waals surface area contributed by atoms with Crippen molar-refractivity contribution in [2.45, 2.75) is 25.9 Å². The van der Waals surface area contributed by atoms with Crippen LogP contribution in [-0.2, 0) is 4.79 Å². The minimum Gasteiger partial charge on any atom is -0.481 e. The number of anilines is 2. The molecule has 1 aromatic carbocycles. The van der Waals surface area contributed by atoms with E-state index in [0.29, 0.717) is 16.5 Å². The van der Waals surface area contributed by atoms with Crippen molar-refractivity contribution >= 4 is 29.0 Å². The summed E-state index contributed by atoms with van der Waals surface area (Å²) < 4.78 is 5.61. The summed E-state index contributed by atoms with van der Waals surface area (Å²) in [5.74, 6) is 1.28. The molecule has 0 aliphatic carbocycles. The number of ether oxygens (including phenoxy) is 1. The molecule has 0 bridgehead atoms. The van der Waals surface area contributed by atoms with Crippen LogP contribution in [0.25, 0.3) is 0 Å². The van der Waals surface area contributed by atoms with E-state index in [0.717, 1.165) is 18.9 Å². The Balaban J connectivity index is 1.57. The first-order valence-electron chi connectivity index (χ1n) is 8.06. The third-order valence-corrected chi connectivity index (χ3v) is 4.16. The van der Waals surface area contributed by atoms with Gasteiger partial charge in [-0.3, -0.25) is 4.79 Å². The zero-order valence-electron chi connectivity index (χ0n) is 13.5. The van der Waals surface area contributed by atoms with E-state index in [2.05, 4.69) is 15.2 Å². The molecule has 1 aliphatic heterocycles. The van der Waals surface area contributed by atoms with Gasteiger partial charge in [0.05, 0.1) is 11.9 Å². The Morgan fingerprint density at radius 2 is 2.08 bits per heavy atom. The second-order valence-electron chi connectivity index (χ2n) is 5.81. The van der Waals surface area contributed by atoms with Crippen LogP contribution in [0.3, 0.4) is 0 Å². The van der Waals surface area contributed by atoms with Crippen LogP contribution >= 0.6 is 11.6 Å². The lowest BCUT2D eigenvalue weighted by molar-refractivity contribution is -0.122. The van der Waals surface area contributed by atoms with E-state index in [9.17, 15) is 4.79 Å². The maximum atomic E-state index is 12.2. The van der Waals surface area contributed by atoms with Gasteiger partial charge in [0.2, 0.25) is 0 Å². The van der Waals surface area contributed by atoms with Gasteiger partial charge in [-0.1, -0.05) is 17.7 Å². The highest BCUT2D eigenvalue weighted by atomic mass is 35.5. The van der Waals surface area contributed by atoms with Crippen LogP contribution in [0.1, 0.15) is 19.8 Å². The molecular formula is C18H20ClN3O2. The number of rotatable bonds is 5. The van der Waals surface area contributed by atoms with Gasteiger partial charge in [-0.2, -0.15) is 0 Å². The molecule has 1 amide bonds. The lowest BCUT2D eigenvalue weighted by atomic mass is 10.3. The van der Waals surface area contributed by atoms with Gasteiger partial charge in [-0.05, 0) is 50.1 Å². The molecule has 1 saturated heterocycles. The molecule has 1 unspecified atom stereocenters. The summed E-state index contributed by atoms with van der Waals surface area (Å²) in [5, 5.41) is 3.39. The van der Waals surface area contributed by atoms with Crippen molar-refractivity contribution in [2.75, 3.05) is 23.3 Å². The summed E-state index contributed by atoms with van der Waals surface area (Å²) in [6.07, 6.45) is 3.45. The average Bonchev–Trinajstić information content (AvgIpc) is 3.10. The molecule has 1 aliphatic rings. The number of aromatic nitrogens is 1. The first-order valence-corrected chi connectivity index (χ1v) is 8.44. The highest BCUT2D eigenvalue weighted by Crippen LogP contribution is 2.20. The molecule has 0 radical (unpaired) electrons. The topological polar surface area (TPSA) is 54.5 Å². The van der Waals surface area contributed by atoms with Crippen LogP contribution in [0.15, 0.2) is 42.6 Å². The van der Waals surface area contributed by atoms with E-state index < -0.39 is 6.10 Å². The van der Waals surface area contributed by atoms with Gasteiger partial charge < -0.3 is 15.0 Å². The maximum absolute atomic E-state index is 12.2. The van der Waals surface area contributed by atoms with Crippen molar-refractivity contribution in [3.63, 3.8) is 0 Å². The minimum absolute atomic E-state index is 0.231. The fraction of sp³-hybridized carbons (Fsp3) is 0.333. The Hall–Kier alpha value is -2.27. The van der Waals surface area contributed by atoms with Crippen molar-refractivity contribution in [1.82, 2.24) is 4.98 Å². The summed E-state index contributed by atoms with van der Waals surface area (Å²) in [5.41, 5.74) is 0.657. The molecular weight excluding hydrogens is 326 g/mol. The number of nitrogens with one attached hydrogen (secondary N) is 1. The molecule has 0 saturated carbocycles. The normalized spacial score (nSPS) is 15.2. The smallest absolute Gasteiger partial charge is 0.265 e. The third kappa shape index (κ3) is 4.17. The number of pyridine rings is 1. The van der Waals surface area contributed by atoms with Crippen molar-refractivity contribution in [3.05, 3.63) is 47.6 Å². The third-order valence-electron chi connectivity index (χ3n) is 3.92. The van der Waals surface area contributed by atoms with E-state index >= 15 is 0 Å². The van der Waals surface area contributed by atoms with Crippen LogP contribution in [0.2, 0.25) is 5.02 Å². The summed E-state index contributed by atoms with van der Waals surface area (Å²) in [4.78, 5) is 18.9. The number of amides is 1. The first-order chi connectivity index (χ1) is 11.6. The van der Waals surface area contributed by atoms with Gasteiger partial charge in [0.25, 0.3) is 5.91 Å². The van der Waals surface area contributed by atoms with Crippen LogP contribution in [-0.4, -0.2) is 30.1 Å². The lowest BCUT2D eigenvalue weighted by Crippen LogP contribution is -2.30. The summed E-state index contributed by atoms with van der Waals surface area (Å²) in [7, 11) is 0. The number of benzene rings is 1. The molecule has 1 atom stereocenters. The lowest BCUT2D eigenvalue weighted by Gasteiger charge is -2.17. The highest BCUT2D eigenvalue weighted by molar-refractivity contribution is 6.30. The monoisotopic (exact) mass is 345 g/mol. The summed E-state index contributed by atoms with van der Waals surface area (Å²) >= 11 is 5.91. The number of carbonyl (C=O) groups is 1. The Bertz CT molecular complexity index is 700. The Labute approximate surface area is 146 Å². The number of hydrogen-bond acceptors (Lipinski definition) is 4. The van der Waals surface area contributed by atoms with Gasteiger partial charge >= 0.3 is 0 Å². The standard InChI is InChI=1S/C18H20ClN3O2/c1-13(24-16-6-4-5-14(19)11-16)18(23)21-15-7-8-17(20-12-15)22-9-2-3-10-22/h4-8,11-13H,2-3,9-10H2,1H3,(H,21,23). The molecule has 1 aromatic heterocycles. The molecule has 24 heavy (non-hydrogen) atoms. The molecule has 2 heterocycles. The van der Waals surface area contributed by atoms with Gasteiger partial charge in [-0.15, -0.1) is 0 Å². The van der Waals surface area contributed by atoms with Crippen molar-refractivity contribution in [3.8, 4) is 5.75 Å². The molecule has 0 spiro atoms. The van der Waals surface area contributed by atoms with Crippen molar-refractivity contribution in [2.24, 2.45) is 0 Å². The van der Waals surface area contributed by atoms with Gasteiger partial charge in [0.15, 0.2) is 6.10 Å². The minimum atomic E-state index is -0.637. The number of nitrogens with zero attached hydrogens (tertiary/aromatic N) is 2. The van der Waals surface area contributed by atoms with E-state index in [1.165, 1.54) is 12.8 Å². The highest BCUT2D eigenvalue weighted by Gasteiger charge is 2.16. The van der Waals surface area contributed by atoms with E-state index in [1.807, 2.05) is 12.1 Å². The number of carbonyl (C=O) groups excluding carboxylic acids is 1. The molecule has 126 valence electrons. The van der Waals surface area contributed by atoms with Crippen LogP contribution < -0.4 is 15.0 Å². The predicted octanol–water partition coefficient (Wildman–Crippen LogP) is 3.74. The SMILES string of the molecule is CC(Oc1cccc(Cl)c1)C(=O)Nc1ccc(N2CCCC2)nc1. The molecule has 6 heteroatoms. The fourth-order valence-electron chi connectivity index (χ4n) is 2.64. The Morgan fingerprint density at radius 3 is 2.75 bits per heavy atom. The number of hydrogen-bond donors (Lipinski definition) is 1. The Kier molecular flexibility index (Phi) is 5.20. The fourth-order valence-corrected chi connectivity index (χ4v) is 2.82. The first kappa shape index (κ1) is 16.6. The van der Waals surface area contributed by atoms with E-state index in [-0.39, 0.29) is 5.91 Å². The predicted molar refractivity (Wildman–Crippen MR) is 95.9 cm³/mol. The molecule has 1 N–H and O–H groups in total. The van der Waals surface area contributed by atoms with Gasteiger partial charge in [0.1, 0.15) is 11.6 Å². The largest absolute Gasteiger partial charge is 0.481 e. The molecule has 3 rings (SSSR count). The van der Waals surface area contributed by atoms with Crippen LogP contribution in [0.5, 0.6) is 5.75 Å². The summed E-state index contributed by atoms with van der Waals surface area (Å²) in [6, 6.07) is 10.8. The van der Waals surface area contributed by atoms with Crippen molar-refractivity contribution < 1.29 is 9.53 Å². The van der Waals surface area contributed by atoms with E-state index in [4.69, 9.17) is 16.3 Å². The van der Waals surface area contributed by atoms with Crippen LogP contribution in [0.4, 0.5) is 11.5 Å². The second kappa shape index (κ2) is 7.53. The zero-order valence-corrected chi connectivity index (χ0v) is 14.3. The van der Waals surface area contributed by atoms with Crippen molar-refractivity contribution in [1.29, 1.82) is 0 Å². The Morgan fingerprint density at radius 1 is 1.29 bits per heavy atom. The van der Waals surface area contributed by atoms with Gasteiger partial charge in [0, 0.05) is 18.1 Å². The van der Waals surface area contributed by atoms with Crippen LogP contribution in [0, 0.1) is 0 Å². The second-order valence-corrected chi connectivity index (χ2v) is 6.24. The molecule has 5 nitrogen and oxygen atoms in total. The molecule has 1 fully saturated rings. The van der Waals surface area contributed by atoms with Gasteiger partial charge in [-0.25, -0.2) is 4.98 Å².